The van der Waals surface area contributed by atoms with Crippen molar-refractivity contribution in [1.82, 2.24) is 10.6 Å². The lowest BCUT2D eigenvalue weighted by Gasteiger charge is -2.22. The van der Waals surface area contributed by atoms with E-state index in [-0.39, 0.29) is 5.91 Å². The smallest absolute Gasteiger partial charge is 0.408 e. The summed E-state index contributed by atoms with van der Waals surface area (Å²) < 4.78 is 5.16. The van der Waals surface area contributed by atoms with E-state index in [9.17, 15) is 9.59 Å². The van der Waals surface area contributed by atoms with Crippen LogP contribution in [-0.4, -0.2) is 30.7 Å². The summed E-state index contributed by atoms with van der Waals surface area (Å²) in [4.78, 5) is 24.5. The average molecular weight is 284 g/mol. The number of carbonyl (C=O) groups excluding carboxylic acids is 2. The van der Waals surface area contributed by atoms with E-state index in [1.165, 1.54) is 0 Å². The monoisotopic (exact) mass is 284 g/mol. The van der Waals surface area contributed by atoms with Gasteiger partial charge in [0.2, 0.25) is 5.91 Å². The number of carbonyl (C=O) groups is 2. The number of hydrogen-bond donors (Lipinski definition) is 2. The van der Waals surface area contributed by atoms with Crippen LogP contribution in [0.15, 0.2) is 17.5 Å². The molecule has 6 heteroatoms. The van der Waals surface area contributed by atoms with E-state index in [1.807, 2.05) is 17.5 Å². The first-order chi connectivity index (χ1) is 8.81. The first-order valence-corrected chi connectivity index (χ1v) is 6.93. The Morgan fingerprint density at radius 3 is 2.58 bits per heavy atom. The lowest BCUT2D eigenvalue weighted by molar-refractivity contribution is -0.122. The minimum absolute atomic E-state index is 0.237. The summed E-state index contributed by atoms with van der Waals surface area (Å²) in [6, 6.07) is 3.21. The first-order valence-electron chi connectivity index (χ1n) is 6.05. The zero-order valence-corrected chi connectivity index (χ0v) is 12.5. The first kappa shape index (κ1) is 15.5. The third-order valence-electron chi connectivity index (χ3n) is 2.24. The number of nitrogens with one attached hydrogen (secondary N) is 2. The highest BCUT2D eigenvalue weighted by Gasteiger charge is 2.24. The highest BCUT2D eigenvalue weighted by atomic mass is 32.1. The fourth-order valence-corrected chi connectivity index (χ4v) is 2.22. The van der Waals surface area contributed by atoms with Crippen LogP contribution in [-0.2, 0) is 16.0 Å². The molecule has 0 radical (unpaired) electrons. The Labute approximate surface area is 117 Å². The van der Waals surface area contributed by atoms with Gasteiger partial charge >= 0.3 is 6.09 Å². The van der Waals surface area contributed by atoms with Crippen LogP contribution in [0.3, 0.4) is 0 Å². The second kappa shape index (κ2) is 6.56. The number of likely N-dealkylation sites (N-methyl/N-ethyl adjacent to an activating group) is 1. The largest absolute Gasteiger partial charge is 0.444 e. The molecule has 2 amide bonds. The minimum atomic E-state index is -0.626. The number of amides is 2. The molecule has 19 heavy (non-hydrogen) atoms. The van der Waals surface area contributed by atoms with Gasteiger partial charge in [0.05, 0.1) is 0 Å². The SMILES string of the molecule is CNC(=O)[C@@H](Cc1cccs1)NC(=O)OC(C)(C)C. The minimum Gasteiger partial charge on any atom is -0.444 e. The van der Waals surface area contributed by atoms with Gasteiger partial charge in [-0.05, 0) is 32.2 Å². The highest BCUT2D eigenvalue weighted by Crippen LogP contribution is 2.12. The molecule has 2 N–H and O–H groups in total. The zero-order chi connectivity index (χ0) is 14.5. The molecule has 1 aromatic heterocycles. The summed E-state index contributed by atoms with van der Waals surface area (Å²) in [5.41, 5.74) is -0.583. The normalized spacial score (nSPS) is 12.6. The van der Waals surface area contributed by atoms with Crippen LogP contribution in [0.5, 0.6) is 0 Å². The van der Waals surface area contributed by atoms with Crippen molar-refractivity contribution in [3.8, 4) is 0 Å². The molecular weight excluding hydrogens is 264 g/mol. The Morgan fingerprint density at radius 1 is 1.42 bits per heavy atom. The van der Waals surface area contributed by atoms with Gasteiger partial charge in [0.15, 0.2) is 0 Å². The average Bonchev–Trinajstić information content (AvgIpc) is 2.77. The number of rotatable bonds is 4. The molecule has 5 nitrogen and oxygen atoms in total. The second-order valence-electron chi connectivity index (χ2n) is 5.10. The molecule has 0 aromatic carbocycles. The fourth-order valence-electron chi connectivity index (χ4n) is 1.46. The van der Waals surface area contributed by atoms with Crippen molar-refractivity contribution < 1.29 is 14.3 Å². The van der Waals surface area contributed by atoms with Gasteiger partial charge in [-0.1, -0.05) is 6.07 Å². The Bertz CT molecular complexity index is 424. The zero-order valence-electron chi connectivity index (χ0n) is 11.6. The Balaban J connectivity index is 2.65. The molecule has 1 heterocycles. The van der Waals surface area contributed by atoms with Crippen molar-refractivity contribution in [3.05, 3.63) is 22.4 Å². The van der Waals surface area contributed by atoms with Crippen molar-refractivity contribution in [1.29, 1.82) is 0 Å². The van der Waals surface area contributed by atoms with Crippen molar-refractivity contribution >= 4 is 23.3 Å². The topological polar surface area (TPSA) is 67.4 Å². The predicted molar refractivity (Wildman–Crippen MR) is 75.2 cm³/mol. The third-order valence-corrected chi connectivity index (χ3v) is 3.14. The molecule has 106 valence electrons. The van der Waals surface area contributed by atoms with Gasteiger partial charge in [-0.3, -0.25) is 4.79 Å². The Morgan fingerprint density at radius 2 is 2.11 bits per heavy atom. The molecule has 0 spiro atoms. The molecule has 0 unspecified atom stereocenters. The van der Waals surface area contributed by atoms with E-state index in [1.54, 1.807) is 39.2 Å². The summed E-state index contributed by atoms with van der Waals surface area (Å²) >= 11 is 1.55. The maximum Gasteiger partial charge on any atom is 0.408 e. The number of alkyl carbamates (subject to hydrolysis) is 1. The summed E-state index contributed by atoms with van der Waals surface area (Å²) in [6.45, 7) is 5.34. The predicted octanol–water partition coefficient (Wildman–Crippen LogP) is 1.93. The Kier molecular flexibility index (Phi) is 5.35. The summed E-state index contributed by atoms with van der Waals surface area (Å²) in [6.07, 6.45) is -0.131. The number of ether oxygens (including phenoxy) is 1. The van der Waals surface area contributed by atoms with Gasteiger partial charge in [-0.2, -0.15) is 0 Å². The number of thiophene rings is 1. The van der Waals surface area contributed by atoms with Gasteiger partial charge in [-0.25, -0.2) is 4.79 Å². The van der Waals surface area contributed by atoms with Gasteiger partial charge < -0.3 is 15.4 Å². The summed E-state index contributed by atoms with van der Waals surface area (Å²) in [5, 5.41) is 7.07. The summed E-state index contributed by atoms with van der Waals surface area (Å²) in [7, 11) is 1.54. The molecule has 1 rings (SSSR count). The summed E-state index contributed by atoms with van der Waals surface area (Å²) in [5.74, 6) is -0.237. The van der Waals surface area contributed by atoms with Gasteiger partial charge in [-0.15, -0.1) is 11.3 Å². The van der Waals surface area contributed by atoms with Crippen molar-refractivity contribution in [2.24, 2.45) is 0 Å². The lowest BCUT2D eigenvalue weighted by atomic mass is 10.1. The third kappa shape index (κ3) is 5.74. The molecule has 0 saturated carbocycles. The molecule has 0 aliphatic rings. The highest BCUT2D eigenvalue weighted by molar-refractivity contribution is 7.09. The molecule has 1 aromatic rings. The molecule has 0 bridgehead atoms. The van der Waals surface area contributed by atoms with Crippen LogP contribution < -0.4 is 10.6 Å². The van der Waals surface area contributed by atoms with Gasteiger partial charge in [0.1, 0.15) is 11.6 Å². The molecule has 0 fully saturated rings. The maximum absolute atomic E-state index is 11.8. The molecule has 0 aliphatic carbocycles. The van der Waals surface area contributed by atoms with E-state index in [0.29, 0.717) is 6.42 Å². The number of hydrogen-bond acceptors (Lipinski definition) is 4. The van der Waals surface area contributed by atoms with Crippen LogP contribution >= 0.6 is 11.3 Å². The fraction of sp³-hybridized carbons (Fsp3) is 0.538. The molecular formula is C13H20N2O3S. The van der Waals surface area contributed by atoms with Crippen LogP contribution in [0, 0.1) is 0 Å². The van der Waals surface area contributed by atoms with E-state index in [0.717, 1.165) is 4.88 Å². The van der Waals surface area contributed by atoms with Crippen LogP contribution in [0.4, 0.5) is 4.79 Å². The Hall–Kier alpha value is -1.56. The standard InChI is InChI=1S/C13H20N2O3S/c1-13(2,3)18-12(17)15-10(11(16)14-4)8-9-6-5-7-19-9/h5-7,10H,8H2,1-4H3,(H,14,16)(H,15,17)/t10-/m1/s1. The lowest BCUT2D eigenvalue weighted by Crippen LogP contribution is -2.48. The molecule has 1 atom stereocenters. The van der Waals surface area contributed by atoms with Gasteiger partial charge in [0.25, 0.3) is 0 Å². The quantitative estimate of drug-likeness (QED) is 0.887. The van der Waals surface area contributed by atoms with Crippen LogP contribution in [0.1, 0.15) is 25.6 Å². The van der Waals surface area contributed by atoms with Crippen LogP contribution in [0.25, 0.3) is 0 Å². The molecule has 0 saturated heterocycles. The van der Waals surface area contributed by atoms with Crippen molar-refractivity contribution in [3.63, 3.8) is 0 Å². The molecule has 0 aliphatic heterocycles. The van der Waals surface area contributed by atoms with Crippen molar-refractivity contribution in [2.75, 3.05) is 7.05 Å². The van der Waals surface area contributed by atoms with E-state index >= 15 is 0 Å². The van der Waals surface area contributed by atoms with E-state index < -0.39 is 17.7 Å². The maximum atomic E-state index is 11.8. The van der Waals surface area contributed by atoms with E-state index in [4.69, 9.17) is 4.74 Å². The van der Waals surface area contributed by atoms with Gasteiger partial charge in [0, 0.05) is 18.3 Å². The van der Waals surface area contributed by atoms with E-state index in [2.05, 4.69) is 10.6 Å². The second-order valence-corrected chi connectivity index (χ2v) is 6.13. The van der Waals surface area contributed by atoms with Crippen LogP contribution in [0.2, 0.25) is 0 Å². The van der Waals surface area contributed by atoms with Crippen molar-refractivity contribution in [2.45, 2.75) is 38.8 Å².